The third-order valence-electron chi connectivity index (χ3n) is 4.55. The summed E-state index contributed by atoms with van der Waals surface area (Å²) >= 11 is 0. The van der Waals surface area contributed by atoms with E-state index in [4.69, 9.17) is 0 Å². The molecular weight excluding hydrogens is 307 g/mol. The molecule has 24 heavy (non-hydrogen) atoms. The van der Waals surface area contributed by atoms with E-state index in [1.54, 1.807) is 6.92 Å². The zero-order valence-electron chi connectivity index (χ0n) is 13.5. The van der Waals surface area contributed by atoms with Gasteiger partial charge in [0.25, 0.3) is 5.91 Å². The van der Waals surface area contributed by atoms with E-state index in [1.165, 1.54) is 24.3 Å². The maximum Gasteiger partial charge on any atom is 0.251 e. The maximum atomic E-state index is 13.0. The second-order valence-electron chi connectivity index (χ2n) is 6.41. The van der Waals surface area contributed by atoms with Gasteiger partial charge in [-0.15, -0.1) is 0 Å². The molecule has 0 aliphatic carbocycles. The van der Waals surface area contributed by atoms with E-state index in [0.717, 1.165) is 5.56 Å². The van der Waals surface area contributed by atoms with Crippen molar-refractivity contribution in [3.8, 4) is 0 Å². The molecule has 1 aliphatic rings. The van der Waals surface area contributed by atoms with Gasteiger partial charge in [-0.05, 0) is 49.7 Å². The summed E-state index contributed by atoms with van der Waals surface area (Å²) in [6.45, 7) is 2.40. The van der Waals surface area contributed by atoms with Crippen LogP contribution in [-0.2, 0) is 0 Å². The Kier molecular flexibility index (Phi) is 4.64. The van der Waals surface area contributed by atoms with E-state index >= 15 is 0 Å². The van der Waals surface area contributed by atoms with E-state index in [9.17, 15) is 14.3 Å². The molecule has 0 saturated carbocycles. The van der Waals surface area contributed by atoms with Crippen LogP contribution in [0.1, 0.15) is 35.3 Å². The van der Waals surface area contributed by atoms with E-state index < -0.39 is 11.6 Å². The van der Waals surface area contributed by atoms with Crippen molar-refractivity contribution >= 4 is 5.91 Å². The Morgan fingerprint density at radius 2 is 1.88 bits per heavy atom. The molecule has 0 bridgehead atoms. The number of carbonyl (C=O) groups excluding carboxylic acids is 1. The largest absolute Gasteiger partial charge is 0.388 e. The molecule has 1 fully saturated rings. The minimum atomic E-state index is -1.04. The number of rotatable bonds is 3. The van der Waals surface area contributed by atoms with Crippen LogP contribution in [0.4, 0.5) is 4.39 Å². The summed E-state index contributed by atoms with van der Waals surface area (Å²) in [6.07, 6.45) is 0.532. The van der Waals surface area contributed by atoms with Gasteiger partial charge in [-0.25, -0.2) is 4.39 Å². The number of benzene rings is 2. The fourth-order valence-corrected chi connectivity index (χ4v) is 3.15. The van der Waals surface area contributed by atoms with Gasteiger partial charge in [-0.1, -0.05) is 30.3 Å². The predicted molar refractivity (Wildman–Crippen MR) is 90.1 cm³/mol. The molecule has 0 radical (unpaired) electrons. The molecule has 2 aromatic carbocycles. The first-order chi connectivity index (χ1) is 11.5. The number of hydrogen-bond donors (Lipinski definition) is 3. The Morgan fingerprint density at radius 3 is 2.54 bits per heavy atom. The minimum absolute atomic E-state index is 0.195. The van der Waals surface area contributed by atoms with Gasteiger partial charge in [0, 0.05) is 5.56 Å². The standard InChI is InChI=1S/C19H21FN2O2/c1-19(24)11-12-21-16(13-5-3-2-4-6-13)17(19)22-18(23)14-7-9-15(20)10-8-14/h2-10,16-17,21,24H,11-12H2,1H3,(H,22,23). The molecule has 0 aromatic heterocycles. The Labute approximate surface area is 140 Å². The molecule has 126 valence electrons. The Balaban J connectivity index is 1.85. The lowest BCUT2D eigenvalue weighted by atomic mass is 9.81. The van der Waals surface area contributed by atoms with Gasteiger partial charge in [-0.3, -0.25) is 4.79 Å². The summed E-state index contributed by atoms with van der Waals surface area (Å²) < 4.78 is 13.0. The molecule has 2 aromatic rings. The van der Waals surface area contributed by atoms with Crippen molar-refractivity contribution in [1.82, 2.24) is 10.6 Å². The quantitative estimate of drug-likeness (QED) is 0.811. The second kappa shape index (κ2) is 6.71. The smallest absolute Gasteiger partial charge is 0.251 e. The number of piperidine rings is 1. The normalized spacial score (nSPS) is 26.8. The average Bonchev–Trinajstić information content (AvgIpc) is 2.57. The van der Waals surface area contributed by atoms with Gasteiger partial charge >= 0.3 is 0 Å². The molecule has 3 unspecified atom stereocenters. The van der Waals surface area contributed by atoms with Crippen LogP contribution in [0.5, 0.6) is 0 Å². The van der Waals surface area contributed by atoms with Crippen LogP contribution in [0, 0.1) is 5.82 Å². The molecule has 4 nitrogen and oxygen atoms in total. The van der Waals surface area contributed by atoms with Gasteiger partial charge in [-0.2, -0.15) is 0 Å². The molecule has 3 atom stereocenters. The summed E-state index contributed by atoms with van der Waals surface area (Å²) in [4.78, 5) is 12.5. The van der Waals surface area contributed by atoms with Crippen LogP contribution in [0.25, 0.3) is 0 Å². The van der Waals surface area contributed by atoms with E-state index in [1.807, 2.05) is 30.3 Å². The summed E-state index contributed by atoms with van der Waals surface area (Å²) in [6, 6.07) is 14.4. The van der Waals surface area contributed by atoms with E-state index in [-0.39, 0.29) is 17.8 Å². The third-order valence-corrected chi connectivity index (χ3v) is 4.55. The zero-order valence-corrected chi connectivity index (χ0v) is 13.5. The van der Waals surface area contributed by atoms with Gasteiger partial charge in [0.2, 0.25) is 0 Å². The summed E-state index contributed by atoms with van der Waals surface area (Å²) in [5, 5.41) is 17.1. The fraction of sp³-hybridized carbons (Fsp3) is 0.316. The lowest BCUT2D eigenvalue weighted by molar-refractivity contribution is -0.0194. The molecule has 0 spiro atoms. The van der Waals surface area contributed by atoms with E-state index in [0.29, 0.717) is 18.5 Å². The highest BCUT2D eigenvalue weighted by Crippen LogP contribution is 2.31. The lowest BCUT2D eigenvalue weighted by Crippen LogP contribution is -2.61. The van der Waals surface area contributed by atoms with Crippen molar-refractivity contribution in [2.24, 2.45) is 0 Å². The SMILES string of the molecule is CC1(O)CCNC(c2ccccc2)C1NC(=O)c1ccc(F)cc1. The molecule has 5 heteroatoms. The average molecular weight is 328 g/mol. The first-order valence-electron chi connectivity index (χ1n) is 8.04. The molecular formula is C19H21FN2O2. The van der Waals surface area contributed by atoms with Gasteiger partial charge in [0.15, 0.2) is 0 Å². The van der Waals surface area contributed by atoms with Crippen LogP contribution in [0.15, 0.2) is 54.6 Å². The Bertz CT molecular complexity index is 701. The first kappa shape index (κ1) is 16.6. The minimum Gasteiger partial charge on any atom is -0.388 e. The zero-order chi connectivity index (χ0) is 17.2. The van der Waals surface area contributed by atoms with Crippen molar-refractivity contribution in [1.29, 1.82) is 0 Å². The van der Waals surface area contributed by atoms with Gasteiger partial charge in [0.05, 0.1) is 17.7 Å². The van der Waals surface area contributed by atoms with Crippen LogP contribution >= 0.6 is 0 Å². The van der Waals surface area contributed by atoms with Crippen LogP contribution in [-0.4, -0.2) is 29.2 Å². The number of nitrogens with one attached hydrogen (secondary N) is 2. The Hall–Kier alpha value is -2.24. The topological polar surface area (TPSA) is 61.4 Å². The lowest BCUT2D eigenvalue weighted by Gasteiger charge is -2.43. The second-order valence-corrected chi connectivity index (χ2v) is 6.41. The molecule has 3 N–H and O–H groups in total. The monoisotopic (exact) mass is 328 g/mol. The first-order valence-corrected chi connectivity index (χ1v) is 8.04. The number of aliphatic hydroxyl groups is 1. The van der Waals surface area contributed by atoms with Gasteiger partial charge in [0.1, 0.15) is 5.82 Å². The van der Waals surface area contributed by atoms with Crippen molar-refractivity contribution < 1.29 is 14.3 Å². The number of carbonyl (C=O) groups is 1. The van der Waals surface area contributed by atoms with Crippen LogP contribution in [0.2, 0.25) is 0 Å². The fourth-order valence-electron chi connectivity index (χ4n) is 3.15. The highest BCUT2D eigenvalue weighted by molar-refractivity contribution is 5.94. The number of halogens is 1. The molecule has 1 saturated heterocycles. The van der Waals surface area contributed by atoms with Gasteiger partial charge < -0.3 is 15.7 Å². The number of amides is 1. The predicted octanol–water partition coefficient (Wildman–Crippen LogP) is 2.41. The highest BCUT2D eigenvalue weighted by atomic mass is 19.1. The third kappa shape index (κ3) is 3.47. The molecule has 1 heterocycles. The van der Waals surface area contributed by atoms with Crippen LogP contribution in [0.3, 0.4) is 0 Å². The van der Waals surface area contributed by atoms with Crippen molar-refractivity contribution in [3.63, 3.8) is 0 Å². The Morgan fingerprint density at radius 1 is 1.21 bits per heavy atom. The molecule has 1 aliphatic heterocycles. The summed E-state index contributed by atoms with van der Waals surface area (Å²) in [5.41, 5.74) is 0.327. The molecule has 1 amide bonds. The highest BCUT2D eigenvalue weighted by Gasteiger charge is 2.42. The molecule has 3 rings (SSSR count). The summed E-state index contributed by atoms with van der Waals surface area (Å²) in [7, 11) is 0. The van der Waals surface area contributed by atoms with Crippen molar-refractivity contribution in [2.75, 3.05) is 6.54 Å². The van der Waals surface area contributed by atoms with Crippen molar-refractivity contribution in [3.05, 3.63) is 71.5 Å². The number of hydrogen-bond acceptors (Lipinski definition) is 3. The summed E-state index contributed by atoms with van der Waals surface area (Å²) in [5.74, 6) is -0.718. The van der Waals surface area contributed by atoms with E-state index in [2.05, 4.69) is 10.6 Å². The maximum absolute atomic E-state index is 13.0. The van der Waals surface area contributed by atoms with Crippen molar-refractivity contribution in [2.45, 2.75) is 31.0 Å². The van der Waals surface area contributed by atoms with Crippen LogP contribution < -0.4 is 10.6 Å².